The summed E-state index contributed by atoms with van der Waals surface area (Å²) in [6.07, 6.45) is 0. The fourth-order valence-corrected chi connectivity index (χ4v) is 17.2. The van der Waals surface area contributed by atoms with E-state index >= 15 is 0 Å². The van der Waals surface area contributed by atoms with Crippen molar-refractivity contribution in [2.45, 2.75) is 6.92 Å². The van der Waals surface area contributed by atoms with Gasteiger partial charge in [-0.25, -0.2) is 0 Å². The first-order valence-corrected chi connectivity index (χ1v) is 28.0. The molecule has 3 aromatic heterocycles. The van der Waals surface area contributed by atoms with Crippen molar-refractivity contribution < 1.29 is 0 Å². The van der Waals surface area contributed by atoms with Crippen LogP contribution in [0.15, 0.2) is 267 Å². The Morgan fingerprint density at radius 1 is 0.276 bits per heavy atom. The molecule has 14 aromatic rings. The van der Waals surface area contributed by atoms with Gasteiger partial charge in [-0.05, 0) is 103 Å². The summed E-state index contributed by atoms with van der Waals surface area (Å²) in [5.74, 6) is 1.67. The minimum atomic E-state index is -2.89. The molecular formula is C70H47N5Si. The van der Waals surface area contributed by atoms with E-state index < -0.39 is 8.07 Å². The SMILES string of the molecule is Cc1ccc([Si](c2ccccc2)(c2ccccc2)c2ccc3c(c2)c2ccccc2n3-c2nc(-c3ccc4c(c3)-c3ccccc3-c3ccccc3-c3ccccc3-4)nc(-n3c4ccccc4c4ccccc43)n2)cc1. The molecule has 0 amide bonds. The number of fused-ring (bicyclic) bond motifs is 14. The van der Waals surface area contributed by atoms with Crippen LogP contribution in [0.5, 0.6) is 0 Å². The average Bonchev–Trinajstić information content (AvgIpc) is 4.04. The van der Waals surface area contributed by atoms with Crippen molar-refractivity contribution in [2.24, 2.45) is 0 Å². The Labute approximate surface area is 441 Å². The van der Waals surface area contributed by atoms with Crippen molar-refractivity contribution in [3.63, 3.8) is 0 Å². The van der Waals surface area contributed by atoms with E-state index in [-0.39, 0.29) is 0 Å². The molecular weight excluding hydrogens is 939 g/mol. The number of hydrogen-bond donors (Lipinski definition) is 0. The lowest BCUT2D eigenvalue weighted by Gasteiger charge is -2.34. The minimum Gasteiger partial charge on any atom is -0.278 e. The molecule has 11 aromatic carbocycles. The first-order chi connectivity index (χ1) is 37.6. The molecule has 6 heteroatoms. The average molecular weight is 986 g/mol. The van der Waals surface area contributed by atoms with Gasteiger partial charge in [0.25, 0.3) is 0 Å². The molecule has 1 aliphatic rings. The first-order valence-electron chi connectivity index (χ1n) is 26.0. The van der Waals surface area contributed by atoms with E-state index in [9.17, 15) is 0 Å². The molecule has 0 radical (unpaired) electrons. The summed E-state index contributed by atoms with van der Waals surface area (Å²) in [5, 5.41) is 9.85. The summed E-state index contributed by atoms with van der Waals surface area (Å²) in [6.45, 7) is 2.17. The predicted octanol–water partition coefficient (Wildman–Crippen LogP) is 14.4. The van der Waals surface area contributed by atoms with Crippen molar-refractivity contribution in [3.05, 3.63) is 272 Å². The van der Waals surface area contributed by atoms with Crippen molar-refractivity contribution in [2.75, 3.05) is 0 Å². The van der Waals surface area contributed by atoms with E-state index in [1.54, 1.807) is 0 Å². The molecule has 356 valence electrons. The number of benzene rings is 11. The van der Waals surface area contributed by atoms with E-state index in [2.05, 4.69) is 283 Å². The molecule has 5 nitrogen and oxygen atoms in total. The van der Waals surface area contributed by atoms with Crippen LogP contribution in [0.4, 0.5) is 0 Å². The molecule has 0 bridgehead atoms. The monoisotopic (exact) mass is 985 g/mol. The van der Waals surface area contributed by atoms with Gasteiger partial charge in [-0.3, -0.25) is 9.13 Å². The molecule has 0 atom stereocenters. The number of para-hydroxylation sites is 3. The van der Waals surface area contributed by atoms with E-state index in [4.69, 9.17) is 15.0 Å². The Kier molecular flexibility index (Phi) is 10.1. The molecule has 0 aliphatic heterocycles. The Bertz CT molecular complexity index is 4490. The summed E-state index contributed by atoms with van der Waals surface area (Å²) in [6, 6.07) is 97.7. The summed E-state index contributed by atoms with van der Waals surface area (Å²) in [4.78, 5) is 16.7. The van der Waals surface area contributed by atoms with Crippen LogP contribution in [0.2, 0.25) is 0 Å². The van der Waals surface area contributed by atoms with Crippen molar-refractivity contribution in [3.8, 4) is 67.8 Å². The lowest BCUT2D eigenvalue weighted by atomic mass is 9.80. The molecule has 0 N–H and O–H groups in total. The summed E-state index contributed by atoms with van der Waals surface area (Å²) in [5.41, 5.74) is 15.7. The molecule has 76 heavy (non-hydrogen) atoms. The highest BCUT2D eigenvalue weighted by atomic mass is 28.3. The zero-order valence-corrected chi connectivity index (χ0v) is 42.6. The Hall–Kier alpha value is -9.75. The Balaban J connectivity index is 1.01. The number of rotatable bonds is 7. The van der Waals surface area contributed by atoms with Crippen molar-refractivity contribution in [1.29, 1.82) is 0 Å². The number of aryl methyl sites for hydroxylation is 1. The lowest BCUT2D eigenvalue weighted by Crippen LogP contribution is -2.74. The van der Waals surface area contributed by atoms with Crippen molar-refractivity contribution >= 4 is 72.4 Å². The van der Waals surface area contributed by atoms with E-state index in [0.717, 1.165) is 65.9 Å². The molecule has 0 saturated heterocycles. The van der Waals surface area contributed by atoms with Crippen LogP contribution >= 0.6 is 0 Å². The standard InChI is InChI=1S/C70H47N5Si/c1-46-36-39-50(40-37-46)76(48-20-4-2-5-21-48,49-22-6-3-7-23-49)51-41-43-67-63(45-51)61-32-16-19-35-66(61)75(67)70-72-68(71-69(73-70)74-64-33-17-14-30-59(64)60-31-15-18-34-65(60)74)47-38-42-58-56-28-11-10-26-54(56)52-24-8-9-25-53(52)55-27-12-13-29-57(55)62(58)44-47/h2-45H,1H3. The number of aromatic nitrogens is 5. The second-order valence-corrected chi connectivity index (χ2v) is 23.8. The highest BCUT2D eigenvalue weighted by Gasteiger charge is 2.42. The van der Waals surface area contributed by atoms with Crippen LogP contribution in [0.25, 0.3) is 111 Å². The van der Waals surface area contributed by atoms with E-state index in [1.807, 2.05) is 0 Å². The van der Waals surface area contributed by atoms with Gasteiger partial charge in [-0.1, -0.05) is 242 Å². The third-order valence-electron chi connectivity index (χ3n) is 15.8. The van der Waals surface area contributed by atoms with Gasteiger partial charge in [0.1, 0.15) is 0 Å². The third kappa shape index (κ3) is 6.67. The third-order valence-corrected chi connectivity index (χ3v) is 20.6. The molecule has 1 aliphatic carbocycles. The van der Waals surface area contributed by atoms with Gasteiger partial charge in [0, 0.05) is 27.1 Å². The van der Waals surface area contributed by atoms with Gasteiger partial charge in [0.15, 0.2) is 13.9 Å². The van der Waals surface area contributed by atoms with E-state index in [1.165, 1.54) is 54.1 Å². The van der Waals surface area contributed by atoms with Crippen LogP contribution in [-0.2, 0) is 0 Å². The second kappa shape index (κ2) is 17.4. The lowest BCUT2D eigenvalue weighted by molar-refractivity contribution is 0.893. The van der Waals surface area contributed by atoms with Crippen LogP contribution in [0.1, 0.15) is 5.56 Å². The van der Waals surface area contributed by atoms with Crippen LogP contribution in [0, 0.1) is 6.92 Å². The van der Waals surface area contributed by atoms with Gasteiger partial charge >= 0.3 is 0 Å². The van der Waals surface area contributed by atoms with Gasteiger partial charge in [-0.15, -0.1) is 0 Å². The highest BCUT2D eigenvalue weighted by molar-refractivity contribution is 7.20. The van der Waals surface area contributed by atoms with Gasteiger partial charge in [-0.2, -0.15) is 15.0 Å². The predicted molar refractivity (Wildman–Crippen MR) is 318 cm³/mol. The van der Waals surface area contributed by atoms with Gasteiger partial charge in [0.2, 0.25) is 11.9 Å². The molecule has 0 fully saturated rings. The maximum atomic E-state index is 5.60. The maximum absolute atomic E-state index is 5.60. The van der Waals surface area contributed by atoms with Crippen LogP contribution < -0.4 is 20.7 Å². The highest BCUT2D eigenvalue weighted by Crippen LogP contribution is 2.48. The van der Waals surface area contributed by atoms with Crippen LogP contribution in [0.3, 0.4) is 0 Å². The molecule has 0 spiro atoms. The number of hydrogen-bond acceptors (Lipinski definition) is 3. The quantitative estimate of drug-likeness (QED) is 0.118. The first kappa shape index (κ1) is 43.8. The second-order valence-electron chi connectivity index (χ2n) is 20.0. The molecule has 0 unspecified atom stereocenters. The summed E-state index contributed by atoms with van der Waals surface area (Å²) >= 11 is 0. The Morgan fingerprint density at radius 3 is 1.13 bits per heavy atom. The topological polar surface area (TPSA) is 48.5 Å². The fraction of sp³-hybridized carbons (Fsp3) is 0.0143. The largest absolute Gasteiger partial charge is 0.278 e. The molecule has 15 rings (SSSR count). The summed E-state index contributed by atoms with van der Waals surface area (Å²) in [7, 11) is -2.89. The maximum Gasteiger partial charge on any atom is 0.240 e. The van der Waals surface area contributed by atoms with Crippen molar-refractivity contribution in [1.82, 2.24) is 24.1 Å². The van der Waals surface area contributed by atoms with Gasteiger partial charge in [0.05, 0.1) is 22.1 Å². The van der Waals surface area contributed by atoms with E-state index in [0.29, 0.717) is 17.7 Å². The minimum absolute atomic E-state index is 0.542. The van der Waals surface area contributed by atoms with Crippen LogP contribution in [-0.4, -0.2) is 32.2 Å². The Morgan fingerprint density at radius 2 is 0.645 bits per heavy atom. The molecule has 3 heterocycles. The number of nitrogens with zero attached hydrogens (tertiary/aromatic N) is 5. The summed E-state index contributed by atoms with van der Waals surface area (Å²) < 4.78 is 4.47. The molecule has 0 saturated carbocycles. The van der Waals surface area contributed by atoms with Gasteiger partial charge < -0.3 is 0 Å². The zero-order valence-electron chi connectivity index (χ0n) is 41.6. The normalized spacial score (nSPS) is 12.0. The zero-order chi connectivity index (χ0) is 50.3. The smallest absolute Gasteiger partial charge is 0.240 e. The fourth-order valence-electron chi connectivity index (χ4n) is 12.4.